The average Bonchev–Trinajstić information content (AvgIpc) is 2.83. The van der Waals surface area contributed by atoms with Crippen molar-refractivity contribution in [2.24, 2.45) is 7.05 Å². The first kappa shape index (κ1) is 12.9. The van der Waals surface area contributed by atoms with Gasteiger partial charge in [0.05, 0.1) is 11.6 Å². The summed E-state index contributed by atoms with van der Waals surface area (Å²) in [7, 11) is 1.74. The van der Waals surface area contributed by atoms with Gasteiger partial charge in [-0.1, -0.05) is 0 Å². The molecule has 2 N–H and O–H groups in total. The number of hydrogen-bond donors (Lipinski definition) is 2. The number of hydrogen-bond acceptors (Lipinski definition) is 4. The Balaban J connectivity index is 1.87. The van der Waals surface area contributed by atoms with E-state index < -0.39 is 0 Å². The highest BCUT2D eigenvalue weighted by molar-refractivity contribution is 5.96. The number of carbonyl (C=O) groups is 1. The first-order valence-electron chi connectivity index (χ1n) is 6.59. The van der Waals surface area contributed by atoms with Crippen molar-refractivity contribution in [3.8, 4) is 0 Å². The fourth-order valence-corrected chi connectivity index (χ4v) is 2.40. The van der Waals surface area contributed by atoms with Gasteiger partial charge in [0, 0.05) is 32.5 Å². The molecule has 1 aliphatic rings. The average molecular weight is 276 g/mol. The molecule has 0 bridgehead atoms. The van der Waals surface area contributed by atoms with Crippen LogP contribution in [-0.4, -0.2) is 39.9 Å². The van der Waals surface area contributed by atoms with Gasteiger partial charge in [-0.15, -0.1) is 0 Å². The third-order valence-electron chi connectivity index (χ3n) is 3.58. The molecular weight excluding hydrogens is 260 g/mol. The first-order chi connectivity index (χ1) is 9.66. The van der Waals surface area contributed by atoms with E-state index in [1.54, 1.807) is 11.7 Å². The Bertz CT molecular complexity index is 697. The van der Waals surface area contributed by atoms with Gasteiger partial charge in [-0.2, -0.15) is 5.10 Å². The van der Waals surface area contributed by atoms with Crippen molar-refractivity contribution in [2.75, 3.05) is 13.2 Å². The number of carbonyl (C=O) groups excluding carboxylic acids is 1. The van der Waals surface area contributed by atoms with Gasteiger partial charge < -0.3 is 15.0 Å². The Morgan fingerprint density at radius 3 is 3.00 bits per heavy atom. The summed E-state index contributed by atoms with van der Waals surface area (Å²) >= 11 is 0. The van der Waals surface area contributed by atoms with Crippen LogP contribution in [0.25, 0.3) is 11.0 Å². The maximum atomic E-state index is 12.3. The number of fused-ring (bicyclic) bond motifs is 1. The standard InChI is InChI=1S/C13H16N4O3/c1-17-12-9(7-15-17)11(18)10(6-14-12)13(19)16-8-2-4-20-5-3-8/h6-8H,2-5H2,1H3,(H,14,18)(H,16,19). The summed E-state index contributed by atoms with van der Waals surface area (Å²) in [4.78, 5) is 27.4. The number of nitrogens with zero attached hydrogens (tertiary/aromatic N) is 2. The van der Waals surface area contributed by atoms with Gasteiger partial charge in [0.1, 0.15) is 11.2 Å². The second kappa shape index (κ2) is 5.09. The summed E-state index contributed by atoms with van der Waals surface area (Å²) < 4.78 is 6.81. The minimum Gasteiger partial charge on any atom is -0.381 e. The number of H-pyrrole nitrogens is 1. The molecule has 0 aromatic carbocycles. The molecule has 0 unspecified atom stereocenters. The van der Waals surface area contributed by atoms with Gasteiger partial charge >= 0.3 is 0 Å². The lowest BCUT2D eigenvalue weighted by Crippen LogP contribution is -2.40. The Morgan fingerprint density at radius 2 is 2.25 bits per heavy atom. The SMILES string of the molecule is Cn1ncc2c(=O)c(C(=O)NC3CCOCC3)c[nH]c21. The van der Waals surface area contributed by atoms with E-state index >= 15 is 0 Å². The third-order valence-corrected chi connectivity index (χ3v) is 3.58. The molecule has 0 radical (unpaired) electrons. The van der Waals surface area contributed by atoms with Gasteiger partial charge in [-0.3, -0.25) is 14.3 Å². The fraction of sp³-hybridized carbons (Fsp3) is 0.462. The maximum Gasteiger partial charge on any atom is 0.256 e. The number of rotatable bonds is 2. The number of ether oxygens (including phenoxy) is 1. The molecule has 1 saturated heterocycles. The molecule has 1 aliphatic heterocycles. The molecule has 20 heavy (non-hydrogen) atoms. The van der Waals surface area contributed by atoms with E-state index in [-0.39, 0.29) is 22.9 Å². The van der Waals surface area contributed by atoms with Crippen molar-refractivity contribution in [3.05, 3.63) is 28.2 Å². The van der Waals surface area contributed by atoms with E-state index in [1.165, 1.54) is 12.4 Å². The number of pyridine rings is 1. The van der Waals surface area contributed by atoms with Crippen LogP contribution in [0.3, 0.4) is 0 Å². The number of amides is 1. The predicted octanol–water partition coefficient (Wildman–Crippen LogP) is 0.170. The summed E-state index contributed by atoms with van der Waals surface area (Å²) in [6.07, 6.45) is 4.47. The molecular formula is C13H16N4O3. The normalized spacial score (nSPS) is 16.4. The summed E-state index contributed by atoms with van der Waals surface area (Å²) in [5, 5.41) is 7.31. The molecule has 7 nitrogen and oxygen atoms in total. The molecule has 2 aromatic rings. The zero-order valence-electron chi connectivity index (χ0n) is 11.2. The summed E-state index contributed by atoms with van der Waals surface area (Å²) in [6.45, 7) is 1.28. The van der Waals surface area contributed by atoms with Crippen LogP contribution in [0.4, 0.5) is 0 Å². The smallest absolute Gasteiger partial charge is 0.256 e. The van der Waals surface area contributed by atoms with Crippen molar-refractivity contribution in [1.82, 2.24) is 20.1 Å². The van der Waals surface area contributed by atoms with Gasteiger partial charge in [0.2, 0.25) is 5.43 Å². The molecule has 1 fully saturated rings. The van der Waals surface area contributed by atoms with Crippen LogP contribution in [-0.2, 0) is 11.8 Å². The Labute approximate surface area is 114 Å². The lowest BCUT2D eigenvalue weighted by Gasteiger charge is -2.22. The Kier molecular flexibility index (Phi) is 3.27. The van der Waals surface area contributed by atoms with Gasteiger partial charge in [-0.25, -0.2) is 0 Å². The number of aryl methyl sites for hydroxylation is 1. The summed E-state index contributed by atoms with van der Waals surface area (Å²) in [5.74, 6) is -0.344. The molecule has 106 valence electrons. The highest BCUT2D eigenvalue weighted by Gasteiger charge is 2.20. The van der Waals surface area contributed by atoms with Crippen LogP contribution in [0.15, 0.2) is 17.2 Å². The minimum atomic E-state index is -0.344. The van der Waals surface area contributed by atoms with Crippen LogP contribution in [0.5, 0.6) is 0 Å². The van der Waals surface area contributed by atoms with Crippen LogP contribution in [0, 0.1) is 0 Å². The molecule has 1 amide bonds. The quantitative estimate of drug-likeness (QED) is 0.818. The maximum absolute atomic E-state index is 12.3. The molecule has 0 spiro atoms. The van der Waals surface area contributed by atoms with Crippen molar-refractivity contribution >= 4 is 16.9 Å². The van der Waals surface area contributed by atoms with Crippen molar-refractivity contribution in [3.63, 3.8) is 0 Å². The topological polar surface area (TPSA) is 89.0 Å². The summed E-state index contributed by atoms with van der Waals surface area (Å²) in [5.41, 5.74) is 0.436. The fourth-order valence-electron chi connectivity index (χ4n) is 2.40. The van der Waals surface area contributed by atoms with Crippen molar-refractivity contribution < 1.29 is 9.53 Å². The predicted molar refractivity (Wildman–Crippen MR) is 72.6 cm³/mol. The minimum absolute atomic E-state index is 0.0697. The monoisotopic (exact) mass is 276 g/mol. The molecule has 3 heterocycles. The lowest BCUT2D eigenvalue weighted by molar-refractivity contribution is 0.0696. The molecule has 7 heteroatoms. The number of aromatic amines is 1. The third kappa shape index (κ3) is 2.20. The van der Waals surface area contributed by atoms with E-state index in [9.17, 15) is 9.59 Å². The van der Waals surface area contributed by atoms with Crippen LogP contribution in [0.1, 0.15) is 23.2 Å². The van der Waals surface area contributed by atoms with Crippen molar-refractivity contribution in [2.45, 2.75) is 18.9 Å². The van der Waals surface area contributed by atoms with E-state index in [0.717, 1.165) is 12.8 Å². The largest absolute Gasteiger partial charge is 0.381 e. The molecule has 0 atom stereocenters. The van der Waals surface area contributed by atoms with E-state index in [0.29, 0.717) is 24.2 Å². The lowest BCUT2D eigenvalue weighted by atomic mass is 10.1. The van der Waals surface area contributed by atoms with Crippen molar-refractivity contribution in [1.29, 1.82) is 0 Å². The Morgan fingerprint density at radius 1 is 1.50 bits per heavy atom. The van der Waals surface area contributed by atoms with Gasteiger partial charge in [0.15, 0.2) is 0 Å². The van der Waals surface area contributed by atoms with Crippen LogP contribution >= 0.6 is 0 Å². The van der Waals surface area contributed by atoms with E-state index in [2.05, 4.69) is 15.4 Å². The Hall–Kier alpha value is -2.15. The highest BCUT2D eigenvalue weighted by Crippen LogP contribution is 2.09. The molecule has 0 aliphatic carbocycles. The summed E-state index contributed by atoms with van der Waals surface area (Å²) in [6, 6.07) is 0.0697. The first-order valence-corrected chi connectivity index (χ1v) is 6.59. The van der Waals surface area contributed by atoms with Crippen LogP contribution < -0.4 is 10.7 Å². The second-order valence-electron chi connectivity index (χ2n) is 4.92. The zero-order valence-corrected chi connectivity index (χ0v) is 11.2. The van der Waals surface area contributed by atoms with E-state index in [4.69, 9.17) is 4.74 Å². The van der Waals surface area contributed by atoms with Gasteiger partial charge in [-0.05, 0) is 12.8 Å². The van der Waals surface area contributed by atoms with Gasteiger partial charge in [0.25, 0.3) is 5.91 Å². The zero-order chi connectivity index (χ0) is 14.1. The molecule has 3 rings (SSSR count). The second-order valence-corrected chi connectivity index (χ2v) is 4.92. The van der Waals surface area contributed by atoms with E-state index in [1.807, 2.05) is 0 Å². The van der Waals surface area contributed by atoms with Crippen LogP contribution in [0.2, 0.25) is 0 Å². The molecule has 2 aromatic heterocycles. The number of nitrogens with one attached hydrogen (secondary N) is 2. The number of aromatic nitrogens is 3. The highest BCUT2D eigenvalue weighted by atomic mass is 16.5. The molecule has 0 saturated carbocycles.